The van der Waals surface area contributed by atoms with Crippen molar-refractivity contribution in [1.82, 2.24) is 0 Å². The Hall–Kier alpha value is -0.850. The van der Waals surface area contributed by atoms with Gasteiger partial charge in [0.2, 0.25) is 0 Å². The molecule has 0 heterocycles. The van der Waals surface area contributed by atoms with E-state index in [2.05, 4.69) is 39.8 Å². The third kappa shape index (κ3) is 7.51. The fraction of sp³-hybridized carbons (Fsp3) is 0.583. The number of hydrogen-bond donors (Lipinski definition) is 0. The first-order valence-electron chi connectivity index (χ1n) is 4.71. The van der Waals surface area contributed by atoms with Crippen LogP contribution in [0.15, 0.2) is 23.3 Å². The lowest BCUT2D eigenvalue weighted by Gasteiger charge is -2.07. The van der Waals surface area contributed by atoms with E-state index < -0.39 is 0 Å². The monoisotopic (exact) mass is 180 g/mol. The maximum Gasteiger partial charge on any atom is 0.130 e. The van der Waals surface area contributed by atoms with Crippen molar-refractivity contribution in [3.8, 4) is 0 Å². The Balaban J connectivity index is 4.47. The molecule has 0 fully saturated rings. The molecule has 0 aliphatic heterocycles. The van der Waals surface area contributed by atoms with Gasteiger partial charge in [-0.2, -0.15) is 0 Å². The summed E-state index contributed by atoms with van der Waals surface area (Å²) >= 11 is 0. The average molecular weight is 180 g/mol. The molecular weight excluding hydrogens is 160 g/mol. The first-order valence-corrected chi connectivity index (χ1v) is 4.71. The normalized spacial score (nSPS) is 9.69. The van der Waals surface area contributed by atoms with Gasteiger partial charge in [-0.05, 0) is 34.6 Å². The molecule has 0 saturated carbocycles. The molecule has 74 valence electrons. The number of hydrogen-bond acceptors (Lipinski definition) is 1. The van der Waals surface area contributed by atoms with E-state index in [0.29, 0.717) is 6.42 Å². The van der Waals surface area contributed by atoms with Crippen LogP contribution in [0.3, 0.4) is 0 Å². The molecule has 0 atom stereocenters. The molecule has 0 spiro atoms. The van der Waals surface area contributed by atoms with Gasteiger partial charge in [-0.15, -0.1) is 0 Å². The molecule has 1 heteroatoms. The highest BCUT2D eigenvalue weighted by atomic mass is 16.1. The number of allylic oxidation sites excluding steroid dienone is 4. The van der Waals surface area contributed by atoms with Crippen molar-refractivity contribution in [2.45, 2.75) is 41.0 Å². The van der Waals surface area contributed by atoms with Crippen LogP contribution in [-0.2, 0) is 4.79 Å². The topological polar surface area (TPSA) is 17.1 Å². The van der Waals surface area contributed by atoms with Gasteiger partial charge in [0.05, 0.1) is 0 Å². The van der Waals surface area contributed by atoms with Gasteiger partial charge < -0.3 is 0 Å². The second kappa shape index (κ2) is 5.74. The van der Waals surface area contributed by atoms with E-state index in [9.17, 15) is 4.79 Å². The molecule has 0 aromatic carbocycles. The Morgan fingerprint density at radius 1 is 1.00 bits per heavy atom. The SMILES string of the molecule is CC(=O)CC(C=C(C)C)C=C(C)C. The van der Waals surface area contributed by atoms with Crippen molar-refractivity contribution < 1.29 is 4.79 Å². The van der Waals surface area contributed by atoms with E-state index >= 15 is 0 Å². The Kier molecular flexibility index (Phi) is 5.36. The highest BCUT2D eigenvalue weighted by Gasteiger charge is 2.04. The molecule has 13 heavy (non-hydrogen) atoms. The third-order valence-corrected chi connectivity index (χ3v) is 1.62. The van der Waals surface area contributed by atoms with Gasteiger partial charge in [0, 0.05) is 12.3 Å². The minimum Gasteiger partial charge on any atom is -0.300 e. The lowest BCUT2D eigenvalue weighted by molar-refractivity contribution is -0.117. The number of rotatable bonds is 4. The zero-order chi connectivity index (χ0) is 10.4. The van der Waals surface area contributed by atoms with E-state index in [4.69, 9.17) is 0 Å². The molecule has 0 amide bonds. The van der Waals surface area contributed by atoms with Crippen LogP contribution in [0.5, 0.6) is 0 Å². The number of carbonyl (C=O) groups excluding carboxylic acids is 1. The molecule has 0 rings (SSSR count). The average Bonchev–Trinajstić information content (AvgIpc) is 1.80. The molecule has 0 radical (unpaired) electrons. The molecule has 0 N–H and O–H groups in total. The van der Waals surface area contributed by atoms with Crippen LogP contribution >= 0.6 is 0 Å². The second-order valence-electron chi connectivity index (χ2n) is 4.06. The van der Waals surface area contributed by atoms with E-state index in [1.807, 2.05) is 0 Å². The van der Waals surface area contributed by atoms with Crippen LogP contribution < -0.4 is 0 Å². The van der Waals surface area contributed by atoms with Gasteiger partial charge in [0.15, 0.2) is 0 Å². The molecule has 0 aromatic heterocycles. The summed E-state index contributed by atoms with van der Waals surface area (Å²) in [6.07, 6.45) is 4.92. The van der Waals surface area contributed by atoms with Gasteiger partial charge in [-0.25, -0.2) is 0 Å². The molecule has 0 aliphatic carbocycles. The van der Waals surface area contributed by atoms with E-state index in [1.165, 1.54) is 11.1 Å². The van der Waals surface area contributed by atoms with Crippen molar-refractivity contribution >= 4 is 5.78 Å². The van der Waals surface area contributed by atoms with Crippen LogP contribution in [-0.4, -0.2) is 5.78 Å². The summed E-state index contributed by atoms with van der Waals surface area (Å²) in [4.78, 5) is 11.0. The number of ketones is 1. The van der Waals surface area contributed by atoms with Crippen LogP contribution in [0.4, 0.5) is 0 Å². The van der Waals surface area contributed by atoms with Crippen molar-refractivity contribution in [2.75, 3.05) is 0 Å². The fourth-order valence-electron chi connectivity index (χ4n) is 1.35. The van der Waals surface area contributed by atoms with E-state index in [0.717, 1.165) is 0 Å². The molecule has 0 bridgehead atoms. The highest BCUT2D eigenvalue weighted by Crippen LogP contribution is 2.13. The maximum absolute atomic E-state index is 11.0. The Morgan fingerprint density at radius 3 is 1.62 bits per heavy atom. The predicted octanol–water partition coefficient (Wildman–Crippen LogP) is 3.51. The molecule has 0 aromatic rings. The molecular formula is C12H20O. The van der Waals surface area contributed by atoms with Crippen LogP contribution in [0.2, 0.25) is 0 Å². The summed E-state index contributed by atoms with van der Waals surface area (Å²) in [6.45, 7) is 9.89. The van der Waals surface area contributed by atoms with Crippen molar-refractivity contribution in [1.29, 1.82) is 0 Å². The zero-order valence-corrected chi connectivity index (χ0v) is 9.35. The van der Waals surface area contributed by atoms with E-state index in [1.54, 1.807) is 6.92 Å². The van der Waals surface area contributed by atoms with Gasteiger partial charge in [-0.1, -0.05) is 23.3 Å². The van der Waals surface area contributed by atoms with Crippen molar-refractivity contribution in [2.24, 2.45) is 5.92 Å². The summed E-state index contributed by atoms with van der Waals surface area (Å²) in [7, 11) is 0. The van der Waals surface area contributed by atoms with Crippen LogP contribution in [0.25, 0.3) is 0 Å². The standard InChI is InChI=1S/C12H20O/c1-9(2)6-12(7-10(3)4)8-11(5)13/h6-7,12H,8H2,1-5H3. The lowest BCUT2D eigenvalue weighted by atomic mass is 9.98. The molecule has 0 saturated heterocycles. The van der Waals surface area contributed by atoms with Crippen molar-refractivity contribution in [3.05, 3.63) is 23.3 Å². The summed E-state index contributed by atoms with van der Waals surface area (Å²) in [5.74, 6) is 0.535. The minimum absolute atomic E-state index is 0.250. The zero-order valence-electron chi connectivity index (χ0n) is 9.35. The maximum atomic E-state index is 11.0. The molecule has 0 unspecified atom stereocenters. The van der Waals surface area contributed by atoms with Crippen LogP contribution in [0.1, 0.15) is 41.0 Å². The fourth-order valence-corrected chi connectivity index (χ4v) is 1.35. The molecule has 0 aliphatic rings. The van der Waals surface area contributed by atoms with Gasteiger partial charge in [0.25, 0.3) is 0 Å². The third-order valence-electron chi connectivity index (χ3n) is 1.62. The first kappa shape index (κ1) is 12.2. The predicted molar refractivity (Wildman–Crippen MR) is 57.7 cm³/mol. The summed E-state index contributed by atoms with van der Waals surface area (Å²) in [5, 5.41) is 0. The van der Waals surface area contributed by atoms with Crippen molar-refractivity contribution in [3.63, 3.8) is 0 Å². The quantitative estimate of drug-likeness (QED) is 0.605. The first-order chi connectivity index (χ1) is 5.91. The Bertz CT molecular complexity index is 208. The number of Topliss-reactive ketones (excluding diaryl/α,β-unsaturated/α-hetero) is 1. The van der Waals surface area contributed by atoms with Gasteiger partial charge in [-0.3, -0.25) is 4.79 Å². The minimum atomic E-state index is 0.250. The van der Waals surface area contributed by atoms with E-state index in [-0.39, 0.29) is 11.7 Å². The smallest absolute Gasteiger partial charge is 0.130 e. The Labute approximate surface area is 81.5 Å². The molecule has 1 nitrogen and oxygen atoms in total. The second-order valence-corrected chi connectivity index (χ2v) is 4.06. The van der Waals surface area contributed by atoms with Gasteiger partial charge in [0.1, 0.15) is 5.78 Å². The largest absolute Gasteiger partial charge is 0.300 e. The number of carbonyl (C=O) groups is 1. The summed E-state index contributed by atoms with van der Waals surface area (Å²) in [5.41, 5.74) is 2.53. The summed E-state index contributed by atoms with van der Waals surface area (Å²) in [6, 6.07) is 0. The lowest BCUT2D eigenvalue weighted by Crippen LogP contribution is -2.01. The highest BCUT2D eigenvalue weighted by molar-refractivity contribution is 5.76. The summed E-state index contributed by atoms with van der Waals surface area (Å²) < 4.78 is 0. The van der Waals surface area contributed by atoms with Gasteiger partial charge >= 0.3 is 0 Å². The van der Waals surface area contributed by atoms with Crippen LogP contribution in [0, 0.1) is 5.92 Å². The Morgan fingerprint density at radius 2 is 1.38 bits per heavy atom.